The Hall–Kier alpha value is -2.00. The highest BCUT2D eigenvalue weighted by Gasteiger charge is 2.03. The lowest BCUT2D eigenvalue weighted by atomic mass is 10.1. The average molecular weight is 331 g/mol. The highest BCUT2D eigenvalue weighted by Crippen LogP contribution is 2.17. The topological polar surface area (TPSA) is 41.1 Å². The normalized spacial score (nSPS) is 10.4. The van der Waals surface area contributed by atoms with Gasteiger partial charge in [0.15, 0.2) is 0 Å². The third-order valence-electron chi connectivity index (χ3n) is 3.92. The van der Waals surface area contributed by atoms with E-state index < -0.39 is 0 Å². The number of anilines is 1. The van der Waals surface area contributed by atoms with Crippen LogP contribution in [0.2, 0.25) is 5.02 Å². The van der Waals surface area contributed by atoms with Crippen LogP contribution in [0.15, 0.2) is 42.5 Å². The van der Waals surface area contributed by atoms with Crippen LogP contribution in [0.5, 0.6) is 0 Å². The second kappa shape index (κ2) is 8.59. The van der Waals surface area contributed by atoms with Gasteiger partial charge in [-0.3, -0.25) is 4.79 Å². The third-order valence-corrected chi connectivity index (χ3v) is 4.17. The number of halogens is 1. The molecule has 0 aliphatic carbocycles. The number of benzene rings is 2. The monoisotopic (exact) mass is 330 g/mol. The van der Waals surface area contributed by atoms with E-state index in [4.69, 9.17) is 11.6 Å². The second-order valence-electron chi connectivity index (χ2n) is 5.65. The van der Waals surface area contributed by atoms with E-state index >= 15 is 0 Å². The predicted octanol–water partition coefficient (Wildman–Crippen LogP) is 4.12. The number of aryl methyl sites for hydroxylation is 1. The standard InChI is InChI=1S/C19H23ClN2O/c1-14-4-3-5-18(15(14)2)21-13-11-19(23)22-12-10-16-6-8-17(20)9-7-16/h3-9,21H,10-13H2,1-2H3,(H,22,23). The highest BCUT2D eigenvalue weighted by molar-refractivity contribution is 6.30. The molecule has 3 nitrogen and oxygen atoms in total. The number of carbonyl (C=O) groups is 1. The first kappa shape index (κ1) is 17.4. The van der Waals surface area contributed by atoms with Gasteiger partial charge in [0.1, 0.15) is 0 Å². The van der Waals surface area contributed by atoms with Crippen LogP contribution < -0.4 is 10.6 Å². The van der Waals surface area contributed by atoms with Gasteiger partial charge < -0.3 is 10.6 Å². The van der Waals surface area contributed by atoms with Crippen LogP contribution in [0.25, 0.3) is 0 Å². The van der Waals surface area contributed by atoms with Crippen LogP contribution in [0, 0.1) is 13.8 Å². The van der Waals surface area contributed by atoms with E-state index in [9.17, 15) is 4.79 Å². The molecule has 4 heteroatoms. The molecule has 2 N–H and O–H groups in total. The Morgan fingerprint density at radius 3 is 2.52 bits per heavy atom. The fourth-order valence-corrected chi connectivity index (χ4v) is 2.47. The van der Waals surface area contributed by atoms with Crippen LogP contribution in [-0.4, -0.2) is 19.0 Å². The van der Waals surface area contributed by atoms with Gasteiger partial charge in [-0.25, -0.2) is 0 Å². The molecule has 0 bridgehead atoms. The minimum absolute atomic E-state index is 0.0665. The minimum atomic E-state index is 0.0665. The maximum absolute atomic E-state index is 11.9. The lowest BCUT2D eigenvalue weighted by molar-refractivity contribution is -0.120. The van der Waals surface area contributed by atoms with Gasteiger partial charge in [0.25, 0.3) is 0 Å². The molecule has 23 heavy (non-hydrogen) atoms. The van der Waals surface area contributed by atoms with E-state index in [0.29, 0.717) is 19.5 Å². The zero-order valence-electron chi connectivity index (χ0n) is 13.7. The molecule has 0 heterocycles. The van der Waals surface area contributed by atoms with Crippen molar-refractivity contribution in [2.75, 3.05) is 18.4 Å². The molecule has 0 fully saturated rings. The summed E-state index contributed by atoms with van der Waals surface area (Å²) < 4.78 is 0. The molecule has 0 saturated carbocycles. The lowest BCUT2D eigenvalue weighted by Gasteiger charge is -2.11. The van der Waals surface area contributed by atoms with Crippen molar-refractivity contribution >= 4 is 23.2 Å². The maximum atomic E-state index is 11.9. The highest BCUT2D eigenvalue weighted by atomic mass is 35.5. The lowest BCUT2D eigenvalue weighted by Crippen LogP contribution is -2.27. The first-order chi connectivity index (χ1) is 11.1. The molecule has 0 radical (unpaired) electrons. The number of rotatable bonds is 7. The van der Waals surface area contributed by atoms with Crippen LogP contribution >= 0.6 is 11.6 Å². The molecule has 0 aliphatic rings. The summed E-state index contributed by atoms with van der Waals surface area (Å²) in [6.07, 6.45) is 1.28. The zero-order valence-corrected chi connectivity index (χ0v) is 14.4. The molecule has 0 unspecified atom stereocenters. The van der Waals surface area contributed by atoms with Crippen molar-refractivity contribution in [2.24, 2.45) is 0 Å². The number of hydrogen-bond acceptors (Lipinski definition) is 2. The van der Waals surface area contributed by atoms with Gasteiger partial charge in [-0.1, -0.05) is 35.9 Å². The Morgan fingerprint density at radius 2 is 1.78 bits per heavy atom. The van der Waals surface area contributed by atoms with Gasteiger partial charge >= 0.3 is 0 Å². The summed E-state index contributed by atoms with van der Waals surface area (Å²) >= 11 is 5.85. The van der Waals surface area contributed by atoms with E-state index in [0.717, 1.165) is 17.1 Å². The molecule has 2 rings (SSSR count). The van der Waals surface area contributed by atoms with Gasteiger partial charge in [0, 0.05) is 30.2 Å². The van der Waals surface area contributed by atoms with E-state index in [1.807, 2.05) is 36.4 Å². The number of carbonyl (C=O) groups excluding carboxylic acids is 1. The van der Waals surface area contributed by atoms with Crippen LogP contribution in [0.1, 0.15) is 23.1 Å². The van der Waals surface area contributed by atoms with Crippen LogP contribution in [0.3, 0.4) is 0 Å². The van der Waals surface area contributed by atoms with Crippen molar-refractivity contribution in [2.45, 2.75) is 26.7 Å². The summed E-state index contributed by atoms with van der Waals surface area (Å²) in [6, 6.07) is 13.9. The van der Waals surface area contributed by atoms with Gasteiger partial charge in [-0.05, 0) is 55.2 Å². The minimum Gasteiger partial charge on any atom is -0.384 e. The average Bonchev–Trinajstić information content (AvgIpc) is 2.53. The molecule has 2 aromatic rings. The molecule has 0 aromatic heterocycles. The maximum Gasteiger partial charge on any atom is 0.221 e. The smallest absolute Gasteiger partial charge is 0.221 e. The van der Waals surface area contributed by atoms with E-state index in [2.05, 4.69) is 30.5 Å². The predicted molar refractivity (Wildman–Crippen MR) is 97.2 cm³/mol. The Morgan fingerprint density at radius 1 is 1.04 bits per heavy atom. The van der Waals surface area contributed by atoms with E-state index in [1.54, 1.807) is 0 Å². The van der Waals surface area contributed by atoms with Gasteiger partial charge in [0.2, 0.25) is 5.91 Å². The SMILES string of the molecule is Cc1cccc(NCCC(=O)NCCc2ccc(Cl)cc2)c1C. The summed E-state index contributed by atoms with van der Waals surface area (Å²) in [5, 5.41) is 7.00. The van der Waals surface area contributed by atoms with Crippen molar-refractivity contribution in [1.82, 2.24) is 5.32 Å². The van der Waals surface area contributed by atoms with Crippen molar-refractivity contribution in [1.29, 1.82) is 0 Å². The van der Waals surface area contributed by atoms with Crippen LogP contribution in [-0.2, 0) is 11.2 Å². The second-order valence-corrected chi connectivity index (χ2v) is 6.09. The molecule has 2 aromatic carbocycles. The van der Waals surface area contributed by atoms with Crippen molar-refractivity contribution in [3.05, 3.63) is 64.2 Å². The summed E-state index contributed by atoms with van der Waals surface area (Å²) in [6.45, 7) is 5.45. The first-order valence-electron chi connectivity index (χ1n) is 7.87. The van der Waals surface area contributed by atoms with E-state index in [-0.39, 0.29) is 5.91 Å². The molecular weight excluding hydrogens is 308 g/mol. The molecule has 0 spiro atoms. The van der Waals surface area contributed by atoms with Gasteiger partial charge in [0.05, 0.1) is 0 Å². The third kappa shape index (κ3) is 5.61. The summed E-state index contributed by atoms with van der Waals surface area (Å²) in [5.41, 5.74) is 4.75. The summed E-state index contributed by atoms with van der Waals surface area (Å²) in [7, 11) is 0. The van der Waals surface area contributed by atoms with E-state index in [1.165, 1.54) is 16.7 Å². The van der Waals surface area contributed by atoms with Gasteiger partial charge in [-0.2, -0.15) is 0 Å². The number of hydrogen-bond donors (Lipinski definition) is 2. The number of amides is 1. The molecule has 1 amide bonds. The molecule has 0 atom stereocenters. The van der Waals surface area contributed by atoms with Crippen molar-refractivity contribution < 1.29 is 4.79 Å². The quantitative estimate of drug-likeness (QED) is 0.802. The van der Waals surface area contributed by atoms with Crippen molar-refractivity contribution in [3.8, 4) is 0 Å². The largest absolute Gasteiger partial charge is 0.384 e. The number of nitrogens with one attached hydrogen (secondary N) is 2. The zero-order chi connectivity index (χ0) is 16.7. The Kier molecular flexibility index (Phi) is 6.48. The fourth-order valence-electron chi connectivity index (χ4n) is 2.34. The fraction of sp³-hybridized carbons (Fsp3) is 0.316. The van der Waals surface area contributed by atoms with Crippen molar-refractivity contribution in [3.63, 3.8) is 0 Å². The molecule has 0 saturated heterocycles. The first-order valence-corrected chi connectivity index (χ1v) is 8.25. The Balaban J connectivity index is 1.67. The summed E-state index contributed by atoms with van der Waals surface area (Å²) in [4.78, 5) is 11.9. The molecular formula is C19H23ClN2O. The summed E-state index contributed by atoms with van der Waals surface area (Å²) in [5.74, 6) is 0.0665. The van der Waals surface area contributed by atoms with Gasteiger partial charge in [-0.15, -0.1) is 0 Å². The Labute approximate surface area is 143 Å². The molecule has 122 valence electrons. The van der Waals surface area contributed by atoms with Crippen LogP contribution in [0.4, 0.5) is 5.69 Å². The molecule has 0 aliphatic heterocycles. The Bertz CT molecular complexity index is 653.